The number of nitrogens with one attached hydrogen (secondary N) is 1. The molecule has 4 aromatic rings. The molecule has 0 bridgehead atoms. The Kier molecular flexibility index (Phi) is 10.3. The number of carbonyl (C=O) groups excluding carboxylic acids is 1. The van der Waals surface area contributed by atoms with Crippen LogP contribution in [0.5, 0.6) is 0 Å². The van der Waals surface area contributed by atoms with Gasteiger partial charge in [0.2, 0.25) is 0 Å². The summed E-state index contributed by atoms with van der Waals surface area (Å²) < 4.78 is 17.9. The van der Waals surface area contributed by atoms with E-state index in [1.807, 2.05) is 72.8 Å². The maximum absolute atomic E-state index is 11.8. The van der Waals surface area contributed by atoms with Crippen molar-refractivity contribution in [2.24, 2.45) is 0 Å². The Labute approximate surface area is 249 Å². The minimum atomic E-state index is -0.547. The highest BCUT2D eigenvalue weighted by molar-refractivity contribution is 7.99. The first kappa shape index (κ1) is 29.5. The van der Waals surface area contributed by atoms with E-state index < -0.39 is 12.4 Å². The summed E-state index contributed by atoms with van der Waals surface area (Å²) in [5, 5.41) is 12.9. The summed E-state index contributed by atoms with van der Waals surface area (Å²) in [6.45, 7) is 4.08. The van der Waals surface area contributed by atoms with E-state index in [0.29, 0.717) is 23.9 Å². The predicted octanol–water partition coefficient (Wildman–Crippen LogP) is 6.39. The van der Waals surface area contributed by atoms with Crippen LogP contribution < -0.4 is 5.32 Å². The van der Waals surface area contributed by atoms with Crippen LogP contribution in [0.25, 0.3) is 11.1 Å². The van der Waals surface area contributed by atoms with Crippen LogP contribution in [0, 0.1) is 0 Å². The number of hydrogen-bond donors (Lipinski definition) is 2. The third kappa shape index (κ3) is 8.04. The molecule has 1 saturated heterocycles. The topological polar surface area (TPSA) is 103 Å². The number of amides is 1. The summed E-state index contributed by atoms with van der Waals surface area (Å²) in [6.07, 6.45) is 4.42. The van der Waals surface area contributed by atoms with Crippen LogP contribution in [0.3, 0.4) is 0 Å². The molecule has 1 amide bonds. The van der Waals surface area contributed by atoms with Crippen molar-refractivity contribution in [2.75, 3.05) is 12.4 Å². The SMILES string of the molecule is C=CCOC(=O)NCc1cccc(-c2ccc([C@H]3O[C@@H](CSc4ncccn4)C[C@@H](c4ccc(CO)cc4)O3)cc2)c1. The number of aromatic nitrogens is 2. The zero-order chi connectivity index (χ0) is 29.1. The van der Waals surface area contributed by atoms with Gasteiger partial charge in [0.1, 0.15) is 6.61 Å². The number of ether oxygens (including phenoxy) is 3. The lowest BCUT2D eigenvalue weighted by Gasteiger charge is -2.36. The molecule has 0 aliphatic carbocycles. The van der Waals surface area contributed by atoms with Gasteiger partial charge in [0.05, 0.1) is 18.8 Å². The Morgan fingerprint density at radius 1 is 0.976 bits per heavy atom. The van der Waals surface area contributed by atoms with E-state index in [4.69, 9.17) is 14.2 Å². The second-order valence-corrected chi connectivity index (χ2v) is 10.7. The molecule has 1 fully saturated rings. The molecule has 3 atom stereocenters. The van der Waals surface area contributed by atoms with Gasteiger partial charge in [-0.05, 0) is 39.9 Å². The van der Waals surface area contributed by atoms with E-state index in [2.05, 4.69) is 21.9 Å². The number of hydrogen-bond acceptors (Lipinski definition) is 8. The number of alkyl carbamates (subject to hydrolysis) is 1. The van der Waals surface area contributed by atoms with Crippen LogP contribution in [0.4, 0.5) is 4.79 Å². The van der Waals surface area contributed by atoms with E-state index >= 15 is 0 Å². The van der Waals surface area contributed by atoms with Crippen LogP contribution >= 0.6 is 11.8 Å². The zero-order valence-corrected chi connectivity index (χ0v) is 23.9. The van der Waals surface area contributed by atoms with Crippen molar-refractivity contribution in [1.29, 1.82) is 0 Å². The molecule has 1 aliphatic rings. The molecule has 1 aromatic heterocycles. The summed E-state index contributed by atoms with van der Waals surface area (Å²) in [4.78, 5) is 20.4. The van der Waals surface area contributed by atoms with Crippen molar-refractivity contribution in [3.63, 3.8) is 0 Å². The molecule has 0 unspecified atom stereocenters. The fraction of sp³-hybridized carbons (Fsp3) is 0.242. The van der Waals surface area contributed by atoms with Gasteiger partial charge in [-0.25, -0.2) is 14.8 Å². The van der Waals surface area contributed by atoms with Crippen LogP contribution in [-0.4, -0.2) is 39.6 Å². The smallest absolute Gasteiger partial charge is 0.407 e. The van der Waals surface area contributed by atoms with Crippen molar-refractivity contribution >= 4 is 17.9 Å². The number of thioether (sulfide) groups is 1. The highest BCUT2D eigenvalue weighted by Gasteiger charge is 2.32. The number of carbonyl (C=O) groups is 1. The number of benzene rings is 3. The fourth-order valence-corrected chi connectivity index (χ4v) is 5.42. The average Bonchev–Trinajstić information content (AvgIpc) is 3.06. The van der Waals surface area contributed by atoms with E-state index in [-0.39, 0.29) is 25.4 Å². The molecule has 3 aromatic carbocycles. The summed E-state index contributed by atoms with van der Waals surface area (Å²) >= 11 is 1.56. The maximum Gasteiger partial charge on any atom is 0.407 e. The van der Waals surface area contributed by atoms with Gasteiger partial charge in [-0.15, -0.1) is 0 Å². The molecule has 5 rings (SSSR count). The van der Waals surface area contributed by atoms with Gasteiger partial charge >= 0.3 is 6.09 Å². The monoisotopic (exact) mass is 583 g/mol. The molecule has 1 aliphatic heterocycles. The second kappa shape index (κ2) is 14.7. The minimum Gasteiger partial charge on any atom is -0.445 e. The summed E-state index contributed by atoms with van der Waals surface area (Å²) in [5.41, 5.74) is 5.86. The Morgan fingerprint density at radius 2 is 1.74 bits per heavy atom. The van der Waals surface area contributed by atoms with Gasteiger partial charge in [0, 0.05) is 36.7 Å². The van der Waals surface area contributed by atoms with Crippen molar-refractivity contribution in [2.45, 2.75) is 43.2 Å². The first-order chi connectivity index (χ1) is 20.6. The van der Waals surface area contributed by atoms with Crippen LogP contribution in [0.1, 0.15) is 41.1 Å². The highest BCUT2D eigenvalue weighted by atomic mass is 32.2. The third-order valence-electron chi connectivity index (χ3n) is 6.77. The van der Waals surface area contributed by atoms with Crippen molar-refractivity contribution < 1.29 is 24.1 Å². The quantitative estimate of drug-likeness (QED) is 0.119. The molecule has 0 radical (unpaired) electrons. The van der Waals surface area contributed by atoms with E-state index in [1.165, 1.54) is 6.08 Å². The number of nitrogens with zero attached hydrogens (tertiary/aromatic N) is 2. The van der Waals surface area contributed by atoms with Crippen molar-refractivity contribution in [3.05, 3.63) is 126 Å². The van der Waals surface area contributed by atoms with E-state index in [1.54, 1.807) is 30.2 Å². The largest absolute Gasteiger partial charge is 0.445 e. The molecule has 2 N–H and O–H groups in total. The minimum absolute atomic E-state index is 0.00191. The van der Waals surface area contributed by atoms with Gasteiger partial charge in [-0.3, -0.25) is 0 Å². The van der Waals surface area contributed by atoms with E-state index in [9.17, 15) is 9.90 Å². The molecule has 2 heterocycles. The van der Waals surface area contributed by atoms with Gasteiger partial charge in [-0.2, -0.15) is 0 Å². The summed E-state index contributed by atoms with van der Waals surface area (Å²) in [7, 11) is 0. The molecule has 216 valence electrons. The van der Waals surface area contributed by atoms with Gasteiger partial charge in [0.15, 0.2) is 11.4 Å². The molecular formula is C33H33N3O5S. The standard InChI is InChI=1S/C33H33N3O5S/c1-2-17-39-33(38)36-20-24-5-3-6-28(18-24)25-11-13-27(14-12-25)31-40-29(22-42-32-34-15-4-16-35-32)19-30(41-31)26-9-7-23(21-37)8-10-26/h2-16,18,29-31,37H,1,17,19-22H2,(H,36,38)/t29-,30+,31+/m1/s1. The number of aliphatic hydroxyl groups is 1. The second-order valence-electron chi connectivity index (χ2n) is 9.76. The molecule has 0 saturated carbocycles. The number of rotatable bonds is 11. The maximum atomic E-state index is 11.8. The lowest BCUT2D eigenvalue weighted by molar-refractivity contribution is -0.245. The van der Waals surface area contributed by atoms with Crippen LogP contribution in [0.2, 0.25) is 0 Å². The summed E-state index contributed by atoms with van der Waals surface area (Å²) in [5.74, 6) is 0.690. The average molecular weight is 584 g/mol. The van der Waals surface area contributed by atoms with Gasteiger partial charge < -0.3 is 24.6 Å². The summed E-state index contributed by atoms with van der Waals surface area (Å²) in [6, 6.07) is 25.8. The molecule has 42 heavy (non-hydrogen) atoms. The Hall–Kier alpha value is -4.02. The molecule has 0 spiro atoms. The Bertz CT molecular complexity index is 1450. The Morgan fingerprint density at radius 3 is 2.48 bits per heavy atom. The van der Waals surface area contributed by atoms with Gasteiger partial charge in [-0.1, -0.05) is 91.1 Å². The van der Waals surface area contributed by atoms with E-state index in [0.717, 1.165) is 33.4 Å². The van der Waals surface area contributed by atoms with Crippen LogP contribution in [0.15, 0.2) is 109 Å². The lowest BCUT2D eigenvalue weighted by atomic mass is 9.99. The lowest BCUT2D eigenvalue weighted by Crippen LogP contribution is -2.31. The fourth-order valence-electron chi connectivity index (χ4n) is 4.60. The number of aliphatic hydroxyl groups excluding tert-OH is 1. The third-order valence-corrected chi connectivity index (χ3v) is 7.78. The first-order valence-electron chi connectivity index (χ1n) is 13.7. The first-order valence-corrected chi connectivity index (χ1v) is 14.7. The van der Waals surface area contributed by atoms with Crippen molar-refractivity contribution in [3.8, 4) is 11.1 Å². The van der Waals surface area contributed by atoms with Crippen molar-refractivity contribution in [1.82, 2.24) is 15.3 Å². The van der Waals surface area contributed by atoms with Gasteiger partial charge in [0.25, 0.3) is 0 Å². The van der Waals surface area contributed by atoms with Crippen LogP contribution in [-0.2, 0) is 27.4 Å². The molecular weight excluding hydrogens is 550 g/mol. The zero-order valence-electron chi connectivity index (χ0n) is 23.1. The molecule has 8 nitrogen and oxygen atoms in total. The normalized spacial score (nSPS) is 18.3. The predicted molar refractivity (Wildman–Crippen MR) is 161 cm³/mol. The Balaban J connectivity index is 1.29. The molecule has 9 heteroatoms. The highest BCUT2D eigenvalue weighted by Crippen LogP contribution is 2.39.